The Labute approximate surface area is 141 Å². The van der Waals surface area contributed by atoms with Gasteiger partial charge in [-0.1, -0.05) is 28.1 Å². The maximum Gasteiger partial charge on any atom is 0.308 e. The molecule has 1 aliphatic rings. The quantitative estimate of drug-likeness (QED) is 0.448. The molecule has 1 aliphatic heterocycles. The van der Waals surface area contributed by atoms with Gasteiger partial charge in [0.2, 0.25) is 5.78 Å². The van der Waals surface area contributed by atoms with Crippen LogP contribution in [0.15, 0.2) is 46.6 Å². The third-order valence-electron chi connectivity index (χ3n) is 3.44. The van der Waals surface area contributed by atoms with E-state index in [9.17, 15) is 9.59 Å². The molecule has 0 aromatic heterocycles. The number of benzene rings is 2. The predicted molar refractivity (Wildman–Crippen MR) is 89.6 cm³/mol. The van der Waals surface area contributed by atoms with Gasteiger partial charge in [-0.15, -0.1) is 0 Å². The molecule has 0 N–H and O–H groups in total. The Balaban J connectivity index is 1.98. The summed E-state index contributed by atoms with van der Waals surface area (Å²) in [7, 11) is 0. The fraction of sp³-hybridized carbons (Fsp3) is 0.111. The summed E-state index contributed by atoms with van der Waals surface area (Å²) in [6.07, 6.45) is 1.69. The molecule has 5 heteroatoms. The maximum absolute atomic E-state index is 12.5. The van der Waals surface area contributed by atoms with E-state index in [0.29, 0.717) is 22.6 Å². The first-order valence-electron chi connectivity index (χ1n) is 6.97. The Kier molecular flexibility index (Phi) is 4.05. The van der Waals surface area contributed by atoms with Crippen molar-refractivity contribution in [3.05, 3.63) is 63.3 Å². The molecule has 0 fully saturated rings. The van der Waals surface area contributed by atoms with Gasteiger partial charge in [-0.05, 0) is 42.8 Å². The van der Waals surface area contributed by atoms with Crippen molar-refractivity contribution in [2.24, 2.45) is 0 Å². The van der Waals surface area contributed by atoms with Gasteiger partial charge in [-0.2, -0.15) is 0 Å². The minimum atomic E-state index is -0.415. The SMILES string of the molecule is CC(=O)Oc1ccc2c(c1C)O/C(=C\c1cccc(Br)c1)C2=O. The Hall–Kier alpha value is -2.40. The lowest BCUT2D eigenvalue weighted by molar-refractivity contribution is -0.131. The Morgan fingerprint density at radius 1 is 1.26 bits per heavy atom. The summed E-state index contributed by atoms with van der Waals surface area (Å²) in [5, 5.41) is 0. The van der Waals surface area contributed by atoms with E-state index in [-0.39, 0.29) is 11.5 Å². The van der Waals surface area contributed by atoms with Crippen LogP contribution in [-0.4, -0.2) is 11.8 Å². The number of rotatable bonds is 2. The van der Waals surface area contributed by atoms with Crippen molar-refractivity contribution >= 4 is 33.8 Å². The molecule has 116 valence electrons. The van der Waals surface area contributed by atoms with Crippen LogP contribution in [0.4, 0.5) is 0 Å². The number of fused-ring (bicyclic) bond motifs is 1. The number of carbonyl (C=O) groups is 2. The average molecular weight is 373 g/mol. The molecule has 0 spiro atoms. The molecule has 23 heavy (non-hydrogen) atoms. The first kappa shape index (κ1) is 15.5. The number of allylic oxidation sites excluding steroid dienone is 1. The minimum absolute atomic E-state index is 0.183. The lowest BCUT2D eigenvalue weighted by Gasteiger charge is -2.08. The van der Waals surface area contributed by atoms with Gasteiger partial charge in [-0.25, -0.2) is 0 Å². The standard InChI is InChI=1S/C18H13BrO4/c1-10-15(22-11(2)20)7-6-14-17(21)16(23-18(10)14)9-12-4-3-5-13(19)8-12/h3-9H,1-2H3/b16-9-. The molecule has 1 heterocycles. The number of carbonyl (C=O) groups excluding carboxylic acids is 2. The zero-order valence-corrected chi connectivity index (χ0v) is 14.1. The molecule has 0 amide bonds. The van der Waals surface area contributed by atoms with Crippen LogP contribution < -0.4 is 9.47 Å². The number of Topliss-reactive ketones (excluding diaryl/α,β-unsaturated/α-hetero) is 1. The van der Waals surface area contributed by atoms with Gasteiger partial charge in [0.15, 0.2) is 5.76 Å². The molecule has 0 bridgehead atoms. The van der Waals surface area contributed by atoms with Crippen LogP contribution in [0, 0.1) is 6.92 Å². The van der Waals surface area contributed by atoms with Crippen molar-refractivity contribution in [3.63, 3.8) is 0 Å². The first-order valence-corrected chi connectivity index (χ1v) is 7.77. The Morgan fingerprint density at radius 3 is 2.74 bits per heavy atom. The number of esters is 1. The van der Waals surface area contributed by atoms with Gasteiger partial charge in [0, 0.05) is 17.0 Å². The van der Waals surface area contributed by atoms with Crippen molar-refractivity contribution in [1.82, 2.24) is 0 Å². The summed E-state index contributed by atoms with van der Waals surface area (Å²) in [5.74, 6) is 0.489. The lowest BCUT2D eigenvalue weighted by atomic mass is 10.1. The average Bonchev–Trinajstić information content (AvgIpc) is 2.79. The smallest absolute Gasteiger partial charge is 0.308 e. The third-order valence-corrected chi connectivity index (χ3v) is 3.93. The van der Waals surface area contributed by atoms with Crippen LogP contribution in [0.1, 0.15) is 28.4 Å². The highest BCUT2D eigenvalue weighted by atomic mass is 79.9. The van der Waals surface area contributed by atoms with Crippen molar-refractivity contribution in [1.29, 1.82) is 0 Å². The van der Waals surface area contributed by atoms with E-state index >= 15 is 0 Å². The molecule has 2 aromatic rings. The van der Waals surface area contributed by atoms with E-state index in [1.54, 1.807) is 25.1 Å². The zero-order valence-electron chi connectivity index (χ0n) is 12.6. The van der Waals surface area contributed by atoms with Gasteiger partial charge in [0.25, 0.3) is 0 Å². The summed E-state index contributed by atoms with van der Waals surface area (Å²) in [6.45, 7) is 3.09. The van der Waals surface area contributed by atoms with Crippen molar-refractivity contribution < 1.29 is 19.1 Å². The molecule has 2 aromatic carbocycles. The molecular weight excluding hydrogens is 360 g/mol. The van der Waals surface area contributed by atoms with Gasteiger partial charge in [-0.3, -0.25) is 9.59 Å². The lowest BCUT2D eigenvalue weighted by Crippen LogP contribution is -2.03. The summed E-state index contributed by atoms with van der Waals surface area (Å²) >= 11 is 3.40. The van der Waals surface area contributed by atoms with Crippen molar-refractivity contribution in [2.75, 3.05) is 0 Å². The Bertz CT molecular complexity index is 852. The molecule has 0 atom stereocenters. The predicted octanol–water partition coefficient (Wildman–Crippen LogP) is 4.30. The normalized spacial score (nSPS) is 14.6. The van der Waals surface area contributed by atoms with Crippen molar-refractivity contribution in [2.45, 2.75) is 13.8 Å². The van der Waals surface area contributed by atoms with E-state index in [2.05, 4.69) is 15.9 Å². The van der Waals surface area contributed by atoms with E-state index in [4.69, 9.17) is 9.47 Å². The molecule has 0 unspecified atom stereocenters. The number of hydrogen-bond acceptors (Lipinski definition) is 4. The fourth-order valence-electron chi connectivity index (χ4n) is 2.38. The van der Waals surface area contributed by atoms with Gasteiger partial charge < -0.3 is 9.47 Å². The first-order chi connectivity index (χ1) is 11.0. The van der Waals surface area contributed by atoms with E-state index in [1.165, 1.54) is 6.92 Å². The summed E-state index contributed by atoms with van der Waals surface area (Å²) in [4.78, 5) is 23.6. The minimum Gasteiger partial charge on any atom is -0.452 e. The number of hydrogen-bond donors (Lipinski definition) is 0. The second-order valence-corrected chi connectivity index (χ2v) is 6.07. The molecule has 3 rings (SSSR count). The van der Waals surface area contributed by atoms with Crippen LogP contribution in [-0.2, 0) is 4.79 Å². The van der Waals surface area contributed by atoms with Gasteiger partial charge in [0.1, 0.15) is 11.5 Å². The van der Waals surface area contributed by atoms with Crippen LogP contribution in [0.5, 0.6) is 11.5 Å². The third kappa shape index (κ3) is 3.05. The maximum atomic E-state index is 12.5. The van der Waals surface area contributed by atoms with Crippen molar-refractivity contribution in [3.8, 4) is 11.5 Å². The molecule has 0 saturated carbocycles. The molecule has 4 nitrogen and oxygen atoms in total. The topological polar surface area (TPSA) is 52.6 Å². The second-order valence-electron chi connectivity index (χ2n) is 5.15. The van der Waals surface area contributed by atoms with Crippen LogP contribution in [0.2, 0.25) is 0 Å². The van der Waals surface area contributed by atoms with Gasteiger partial charge >= 0.3 is 5.97 Å². The van der Waals surface area contributed by atoms with E-state index in [1.807, 2.05) is 24.3 Å². The zero-order chi connectivity index (χ0) is 16.6. The van der Waals surface area contributed by atoms with Crippen LogP contribution >= 0.6 is 15.9 Å². The summed E-state index contributed by atoms with van der Waals surface area (Å²) < 4.78 is 11.8. The molecule has 0 saturated heterocycles. The number of ether oxygens (including phenoxy) is 2. The monoisotopic (exact) mass is 372 g/mol. The molecule has 0 radical (unpaired) electrons. The van der Waals surface area contributed by atoms with Gasteiger partial charge in [0.05, 0.1) is 5.56 Å². The van der Waals surface area contributed by atoms with E-state index in [0.717, 1.165) is 10.0 Å². The highest BCUT2D eigenvalue weighted by Crippen LogP contribution is 2.39. The van der Waals surface area contributed by atoms with Crippen LogP contribution in [0.25, 0.3) is 6.08 Å². The largest absolute Gasteiger partial charge is 0.452 e. The highest BCUT2D eigenvalue weighted by molar-refractivity contribution is 9.10. The number of halogens is 1. The summed E-state index contributed by atoms with van der Waals surface area (Å²) in [5.41, 5.74) is 1.96. The second kappa shape index (κ2) is 6.01. The fourth-order valence-corrected chi connectivity index (χ4v) is 2.80. The highest BCUT2D eigenvalue weighted by Gasteiger charge is 2.30. The number of ketones is 1. The Morgan fingerprint density at radius 2 is 2.04 bits per heavy atom. The van der Waals surface area contributed by atoms with Crippen LogP contribution in [0.3, 0.4) is 0 Å². The molecule has 0 aliphatic carbocycles. The summed E-state index contributed by atoms with van der Waals surface area (Å²) in [6, 6.07) is 10.8. The molecular formula is C18H13BrO4. The van der Waals surface area contributed by atoms with E-state index < -0.39 is 5.97 Å².